The minimum atomic E-state index is 0.551. The molecule has 0 fully saturated rings. The molecule has 4 aromatic rings. The predicted molar refractivity (Wildman–Crippen MR) is 141 cm³/mol. The average molecular weight is 467 g/mol. The molecule has 8 nitrogen and oxygen atoms in total. The SMILES string of the molecule is CC.CC.CCC.CCC.Cc1ncnn1Cc1ccc(-c2ccccc2-c2nn[nH]n2)nc1. The molecular weight excluding hydrogens is 424 g/mol. The van der Waals surface area contributed by atoms with E-state index in [0.717, 1.165) is 28.2 Å². The number of nitrogens with one attached hydrogen (secondary N) is 1. The standard InChI is InChI=1S/C16H14N8.2C3H8.2C2H6/c1-11-18-10-19-24(11)9-12-6-7-15(17-8-12)13-4-2-3-5-14(13)16-20-22-23-21-16;2*1-3-2;2*1-2/h2-8,10H,9H2,1H3,(H,20,21,22,23);2*3H2,1-2H3;2*1-2H3. The van der Waals surface area contributed by atoms with E-state index in [4.69, 9.17) is 0 Å². The van der Waals surface area contributed by atoms with Crippen LogP contribution in [0.2, 0.25) is 0 Å². The van der Waals surface area contributed by atoms with E-state index < -0.39 is 0 Å². The fourth-order valence-corrected chi connectivity index (χ4v) is 2.50. The summed E-state index contributed by atoms with van der Waals surface area (Å²) < 4.78 is 1.84. The van der Waals surface area contributed by atoms with Crippen LogP contribution in [0.5, 0.6) is 0 Å². The fraction of sp³-hybridized carbons (Fsp3) is 0.462. The maximum absolute atomic E-state index is 4.58. The van der Waals surface area contributed by atoms with Gasteiger partial charge in [-0.05, 0) is 23.8 Å². The van der Waals surface area contributed by atoms with Crippen LogP contribution in [-0.4, -0.2) is 40.4 Å². The molecule has 0 aliphatic rings. The molecule has 0 amide bonds. The number of rotatable bonds is 4. The highest BCUT2D eigenvalue weighted by Crippen LogP contribution is 2.28. The molecule has 1 aromatic carbocycles. The molecule has 0 radical (unpaired) electrons. The molecule has 1 N–H and O–H groups in total. The second-order valence-electron chi connectivity index (χ2n) is 6.71. The number of pyridine rings is 1. The van der Waals surface area contributed by atoms with Gasteiger partial charge in [-0.15, -0.1) is 10.2 Å². The first-order valence-corrected chi connectivity index (χ1v) is 12.3. The summed E-state index contributed by atoms with van der Waals surface area (Å²) in [5, 5.41) is 18.4. The quantitative estimate of drug-likeness (QED) is 0.357. The fourth-order valence-electron chi connectivity index (χ4n) is 2.50. The van der Waals surface area contributed by atoms with E-state index in [0.29, 0.717) is 12.4 Å². The normalized spacial score (nSPS) is 9.09. The van der Waals surface area contributed by atoms with Crippen molar-refractivity contribution in [3.05, 3.63) is 60.3 Å². The lowest BCUT2D eigenvalue weighted by molar-refractivity contribution is 0.659. The molecule has 0 aliphatic heterocycles. The van der Waals surface area contributed by atoms with Gasteiger partial charge in [-0.2, -0.15) is 10.3 Å². The van der Waals surface area contributed by atoms with Gasteiger partial charge in [0.25, 0.3) is 0 Å². The summed E-state index contributed by atoms with van der Waals surface area (Å²) in [5.74, 6) is 1.43. The molecule has 0 atom stereocenters. The van der Waals surface area contributed by atoms with E-state index >= 15 is 0 Å². The topological polar surface area (TPSA) is 98.1 Å². The molecule has 186 valence electrons. The van der Waals surface area contributed by atoms with Crippen molar-refractivity contribution < 1.29 is 0 Å². The number of nitrogens with zero attached hydrogens (tertiary/aromatic N) is 7. The van der Waals surface area contributed by atoms with Gasteiger partial charge in [0.2, 0.25) is 5.82 Å². The van der Waals surface area contributed by atoms with Crippen LogP contribution in [0.1, 0.15) is 79.6 Å². The number of benzene rings is 1. The largest absolute Gasteiger partial charge is 0.256 e. The molecule has 4 rings (SSSR count). The van der Waals surface area contributed by atoms with E-state index in [1.54, 1.807) is 6.33 Å². The summed E-state index contributed by atoms with van der Waals surface area (Å²) >= 11 is 0. The molecule has 3 aromatic heterocycles. The second-order valence-corrected chi connectivity index (χ2v) is 6.71. The number of hydrogen-bond acceptors (Lipinski definition) is 6. The molecule has 3 heterocycles. The zero-order valence-corrected chi connectivity index (χ0v) is 22.4. The highest BCUT2D eigenvalue weighted by Gasteiger charge is 2.11. The molecule has 0 spiro atoms. The Morgan fingerprint density at radius 1 is 0.824 bits per heavy atom. The van der Waals surface area contributed by atoms with Gasteiger partial charge in [-0.25, -0.2) is 9.67 Å². The molecule has 34 heavy (non-hydrogen) atoms. The van der Waals surface area contributed by atoms with E-state index in [2.05, 4.69) is 63.4 Å². The van der Waals surface area contributed by atoms with Crippen LogP contribution in [-0.2, 0) is 6.54 Å². The van der Waals surface area contributed by atoms with E-state index in [-0.39, 0.29) is 0 Å². The van der Waals surface area contributed by atoms with Crippen LogP contribution in [0.25, 0.3) is 22.6 Å². The second kappa shape index (κ2) is 19.1. The summed E-state index contributed by atoms with van der Waals surface area (Å²) in [4.78, 5) is 8.71. The smallest absolute Gasteiger partial charge is 0.205 e. The van der Waals surface area contributed by atoms with Gasteiger partial charge in [0.1, 0.15) is 12.2 Å². The molecule has 0 bridgehead atoms. The van der Waals surface area contributed by atoms with Gasteiger partial charge in [0.15, 0.2) is 0 Å². The van der Waals surface area contributed by atoms with E-state index in [9.17, 15) is 0 Å². The minimum Gasteiger partial charge on any atom is -0.256 e. The lowest BCUT2D eigenvalue weighted by Gasteiger charge is -2.07. The van der Waals surface area contributed by atoms with Crippen molar-refractivity contribution in [1.82, 2.24) is 40.4 Å². The number of hydrogen-bond donors (Lipinski definition) is 1. The third-order valence-electron chi connectivity index (χ3n) is 3.76. The summed E-state index contributed by atoms with van der Waals surface area (Å²) in [6.07, 6.45) is 5.90. The third-order valence-corrected chi connectivity index (χ3v) is 3.76. The Morgan fingerprint density at radius 3 is 1.91 bits per heavy atom. The number of aromatic amines is 1. The van der Waals surface area contributed by atoms with Crippen molar-refractivity contribution in [3.8, 4) is 22.6 Å². The molecule has 0 unspecified atom stereocenters. The van der Waals surface area contributed by atoms with Crippen LogP contribution < -0.4 is 0 Å². The van der Waals surface area contributed by atoms with Crippen molar-refractivity contribution in [2.75, 3.05) is 0 Å². The van der Waals surface area contributed by atoms with E-state index in [1.165, 1.54) is 12.8 Å². The highest BCUT2D eigenvalue weighted by atomic mass is 15.5. The van der Waals surface area contributed by atoms with Gasteiger partial charge in [0, 0.05) is 17.3 Å². The molecule has 0 saturated carbocycles. The minimum absolute atomic E-state index is 0.551. The number of aryl methyl sites for hydroxylation is 1. The van der Waals surface area contributed by atoms with Crippen LogP contribution in [0, 0.1) is 6.92 Å². The summed E-state index contributed by atoms with van der Waals surface area (Å²) in [5.41, 5.74) is 3.76. The van der Waals surface area contributed by atoms with Crippen LogP contribution in [0.3, 0.4) is 0 Å². The van der Waals surface area contributed by atoms with Gasteiger partial charge in [0.05, 0.1) is 12.2 Å². The lowest BCUT2D eigenvalue weighted by Crippen LogP contribution is -2.04. The number of tetrazole rings is 1. The van der Waals surface area contributed by atoms with Gasteiger partial charge < -0.3 is 0 Å². The van der Waals surface area contributed by atoms with Crippen molar-refractivity contribution in [2.24, 2.45) is 0 Å². The Balaban J connectivity index is 0.000000954. The van der Waals surface area contributed by atoms with Crippen molar-refractivity contribution in [3.63, 3.8) is 0 Å². The first-order valence-electron chi connectivity index (χ1n) is 12.3. The summed E-state index contributed by atoms with van der Waals surface area (Å²) in [7, 11) is 0. The van der Waals surface area contributed by atoms with Crippen LogP contribution >= 0.6 is 0 Å². The van der Waals surface area contributed by atoms with Gasteiger partial charge in [-0.1, -0.05) is 98.6 Å². The maximum Gasteiger partial charge on any atom is 0.205 e. The number of aromatic nitrogens is 8. The highest BCUT2D eigenvalue weighted by molar-refractivity contribution is 5.78. The predicted octanol–water partition coefficient (Wildman–Crippen LogP) is 6.76. The number of H-pyrrole nitrogens is 1. The first-order chi connectivity index (χ1) is 16.6. The Bertz CT molecular complexity index is 974. The molecular formula is C26H42N8. The van der Waals surface area contributed by atoms with Crippen LogP contribution in [0.4, 0.5) is 0 Å². The van der Waals surface area contributed by atoms with E-state index in [1.807, 2.05) is 81.9 Å². The summed E-state index contributed by atoms with van der Waals surface area (Å²) in [6.45, 7) is 19.1. The zero-order chi connectivity index (χ0) is 25.8. The van der Waals surface area contributed by atoms with Crippen molar-refractivity contribution in [2.45, 2.75) is 81.7 Å². The molecule has 0 aliphatic carbocycles. The summed E-state index contributed by atoms with van der Waals surface area (Å²) in [6, 6.07) is 11.9. The van der Waals surface area contributed by atoms with Crippen molar-refractivity contribution >= 4 is 0 Å². The first kappa shape index (κ1) is 30.6. The van der Waals surface area contributed by atoms with Crippen LogP contribution in [0.15, 0.2) is 48.9 Å². The lowest BCUT2D eigenvalue weighted by atomic mass is 10.0. The molecule has 0 saturated heterocycles. The molecule has 8 heteroatoms. The third kappa shape index (κ3) is 10.0. The Kier molecular flexibility index (Phi) is 17.2. The maximum atomic E-state index is 4.58. The Hall–Kier alpha value is -3.42. The average Bonchev–Trinajstić information content (AvgIpc) is 3.56. The van der Waals surface area contributed by atoms with Crippen molar-refractivity contribution in [1.29, 1.82) is 0 Å². The zero-order valence-electron chi connectivity index (χ0n) is 22.4. The Labute approximate surface area is 205 Å². The monoisotopic (exact) mass is 466 g/mol. The van der Waals surface area contributed by atoms with Gasteiger partial charge in [-0.3, -0.25) is 4.98 Å². The Morgan fingerprint density at radius 2 is 1.44 bits per heavy atom. The van der Waals surface area contributed by atoms with Gasteiger partial charge >= 0.3 is 0 Å².